The van der Waals surface area contributed by atoms with Gasteiger partial charge in [0.1, 0.15) is 0 Å². The molecule has 0 aromatic carbocycles. The summed E-state index contributed by atoms with van der Waals surface area (Å²) in [5.74, 6) is 0.0114. The Labute approximate surface area is 162 Å². The molecule has 4 unspecified atom stereocenters. The van der Waals surface area contributed by atoms with Crippen molar-refractivity contribution >= 4 is 12.0 Å². The molecule has 0 bridgehead atoms. The van der Waals surface area contributed by atoms with E-state index in [1.165, 1.54) is 0 Å². The molecule has 3 N–H and O–H groups in total. The molecule has 2 amide bonds. The number of nitrogens with one attached hydrogen (secondary N) is 1. The molecule has 1 heterocycles. The summed E-state index contributed by atoms with van der Waals surface area (Å²) >= 11 is 0. The van der Waals surface area contributed by atoms with Gasteiger partial charge in [-0.2, -0.15) is 0 Å². The number of carbonyl (C=O) groups is 2. The quantitative estimate of drug-likeness (QED) is 0.653. The van der Waals surface area contributed by atoms with Crippen molar-refractivity contribution in [2.75, 3.05) is 19.6 Å². The highest BCUT2D eigenvalue weighted by Gasteiger charge is 2.42. The third-order valence-electron chi connectivity index (χ3n) is 6.88. The van der Waals surface area contributed by atoms with Crippen LogP contribution in [0.15, 0.2) is 0 Å². The number of aliphatic carboxylic acids is 1. The predicted octanol–water partition coefficient (Wildman–Crippen LogP) is 1.90. The normalized spacial score (nSPS) is 36.5. The second-order valence-electron chi connectivity index (χ2n) is 8.78. The Morgan fingerprint density at radius 1 is 1.19 bits per heavy atom. The highest BCUT2D eigenvalue weighted by atomic mass is 16.4. The third kappa shape index (κ3) is 4.74. The minimum absolute atomic E-state index is 0.00680. The maximum Gasteiger partial charge on any atom is 0.317 e. The van der Waals surface area contributed by atoms with E-state index < -0.39 is 5.97 Å². The van der Waals surface area contributed by atoms with Gasteiger partial charge in [0, 0.05) is 30.6 Å². The van der Waals surface area contributed by atoms with Gasteiger partial charge in [-0.1, -0.05) is 13.8 Å². The number of likely N-dealkylation sites (tertiary alicyclic amines) is 1. The SMILES string of the molecule is CCN(CC(=O)O)C1CC(NC(=O)N2CCCC2C2CC(C)CCC2O)C1. The van der Waals surface area contributed by atoms with Gasteiger partial charge < -0.3 is 20.4 Å². The van der Waals surface area contributed by atoms with Gasteiger partial charge in [-0.05, 0) is 57.4 Å². The molecule has 0 aromatic rings. The van der Waals surface area contributed by atoms with Crippen LogP contribution in [0.1, 0.15) is 58.8 Å². The van der Waals surface area contributed by atoms with Crippen molar-refractivity contribution in [3.63, 3.8) is 0 Å². The summed E-state index contributed by atoms with van der Waals surface area (Å²) in [6.07, 6.45) is 6.25. The number of likely N-dealkylation sites (N-methyl/N-ethyl adjacent to an activating group) is 1. The first-order valence-corrected chi connectivity index (χ1v) is 10.6. The Morgan fingerprint density at radius 2 is 1.93 bits per heavy atom. The number of carbonyl (C=O) groups excluding carboxylic acids is 1. The maximum atomic E-state index is 12.8. The third-order valence-corrected chi connectivity index (χ3v) is 6.88. The average molecular weight is 382 g/mol. The lowest BCUT2D eigenvalue weighted by Crippen LogP contribution is -2.58. The lowest BCUT2D eigenvalue weighted by Gasteiger charge is -2.44. The fourth-order valence-electron chi connectivity index (χ4n) is 5.25. The molecule has 7 heteroatoms. The molecule has 4 atom stereocenters. The first-order chi connectivity index (χ1) is 12.9. The highest BCUT2D eigenvalue weighted by Crippen LogP contribution is 2.37. The van der Waals surface area contributed by atoms with Crippen LogP contribution >= 0.6 is 0 Å². The molecule has 3 aliphatic rings. The topological polar surface area (TPSA) is 93.1 Å². The number of carboxylic acids is 1. The number of rotatable bonds is 6. The Bertz CT molecular complexity index is 537. The van der Waals surface area contributed by atoms with E-state index in [1.807, 2.05) is 16.7 Å². The van der Waals surface area contributed by atoms with Gasteiger partial charge >= 0.3 is 12.0 Å². The van der Waals surface area contributed by atoms with E-state index in [-0.39, 0.29) is 42.7 Å². The van der Waals surface area contributed by atoms with Gasteiger partial charge in [-0.25, -0.2) is 4.79 Å². The average Bonchev–Trinajstić information content (AvgIpc) is 3.07. The van der Waals surface area contributed by atoms with Gasteiger partial charge in [-0.15, -0.1) is 0 Å². The molecule has 27 heavy (non-hydrogen) atoms. The van der Waals surface area contributed by atoms with Crippen molar-refractivity contribution in [2.45, 2.75) is 83.0 Å². The summed E-state index contributed by atoms with van der Waals surface area (Å²) in [5.41, 5.74) is 0. The fraction of sp³-hybridized carbons (Fsp3) is 0.900. The minimum Gasteiger partial charge on any atom is -0.480 e. The van der Waals surface area contributed by atoms with Gasteiger partial charge in [0.05, 0.1) is 12.6 Å². The van der Waals surface area contributed by atoms with E-state index in [0.717, 1.165) is 51.5 Å². The largest absolute Gasteiger partial charge is 0.480 e. The van der Waals surface area contributed by atoms with Crippen molar-refractivity contribution < 1.29 is 19.8 Å². The number of hydrogen-bond acceptors (Lipinski definition) is 4. The number of hydrogen-bond donors (Lipinski definition) is 3. The zero-order valence-electron chi connectivity index (χ0n) is 16.6. The van der Waals surface area contributed by atoms with E-state index in [9.17, 15) is 14.7 Å². The summed E-state index contributed by atoms with van der Waals surface area (Å²) in [5, 5.41) is 22.6. The number of carboxylic acid groups (broad SMARTS) is 1. The Hall–Kier alpha value is -1.34. The number of amides is 2. The smallest absolute Gasteiger partial charge is 0.317 e. The van der Waals surface area contributed by atoms with Crippen LogP contribution in [0, 0.1) is 11.8 Å². The van der Waals surface area contributed by atoms with Crippen LogP contribution in [0.2, 0.25) is 0 Å². The zero-order chi connectivity index (χ0) is 19.6. The fourth-order valence-corrected chi connectivity index (χ4v) is 5.25. The summed E-state index contributed by atoms with van der Waals surface area (Å²) in [4.78, 5) is 27.7. The van der Waals surface area contributed by atoms with Gasteiger partial charge in [0.25, 0.3) is 0 Å². The number of nitrogens with zero attached hydrogens (tertiary/aromatic N) is 2. The van der Waals surface area contributed by atoms with Gasteiger partial charge in [-0.3, -0.25) is 9.69 Å². The Balaban J connectivity index is 1.50. The molecular weight excluding hydrogens is 346 g/mol. The predicted molar refractivity (Wildman–Crippen MR) is 102 cm³/mol. The van der Waals surface area contributed by atoms with Crippen molar-refractivity contribution in [1.29, 1.82) is 0 Å². The number of aliphatic hydroxyl groups excluding tert-OH is 1. The molecule has 0 aromatic heterocycles. The number of urea groups is 1. The minimum atomic E-state index is -0.801. The van der Waals surface area contributed by atoms with Crippen LogP contribution in [0.3, 0.4) is 0 Å². The lowest BCUT2D eigenvalue weighted by molar-refractivity contribution is -0.139. The van der Waals surface area contributed by atoms with E-state index >= 15 is 0 Å². The lowest BCUT2D eigenvalue weighted by atomic mass is 9.76. The second kappa shape index (κ2) is 8.78. The first kappa shape index (κ1) is 20.4. The molecule has 1 aliphatic heterocycles. The van der Waals surface area contributed by atoms with E-state index in [4.69, 9.17) is 5.11 Å². The zero-order valence-corrected chi connectivity index (χ0v) is 16.6. The summed E-state index contributed by atoms with van der Waals surface area (Å²) in [6, 6.07) is 0.513. The summed E-state index contributed by atoms with van der Waals surface area (Å²) < 4.78 is 0. The van der Waals surface area contributed by atoms with Crippen LogP contribution in [-0.4, -0.2) is 75.9 Å². The van der Waals surface area contributed by atoms with Crippen molar-refractivity contribution in [2.24, 2.45) is 11.8 Å². The van der Waals surface area contributed by atoms with Crippen molar-refractivity contribution in [3.05, 3.63) is 0 Å². The monoisotopic (exact) mass is 381 g/mol. The first-order valence-electron chi connectivity index (χ1n) is 10.6. The van der Waals surface area contributed by atoms with Crippen LogP contribution < -0.4 is 5.32 Å². The summed E-state index contributed by atoms with van der Waals surface area (Å²) in [7, 11) is 0. The van der Waals surface area contributed by atoms with E-state index in [0.29, 0.717) is 12.5 Å². The number of aliphatic hydroxyl groups is 1. The van der Waals surface area contributed by atoms with Crippen LogP contribution in [0.25, 0.3) is 0 Å². The molecule has 2 aliphatic carbocycles. The maximum absolute atomic E-state index is 12.8. The molecule has 0 spiro atoms. The van der Waals surface area contributed by atoms with E-state index in [1.54, 1.807) is 0 Å². The Kier molecular flexibility index (Phi) is 6.63. The van der Waals surface area contributed by atoms with Gasteiger partial charge in [0.2, 0.25) is 0 Å². The van der Waals surface area contributed by atoms with Crippen LogP contribution in [0.4, 0.5) is 4.79 Å². The van der Waals surface area contributed by atoms with Crippen LogP contribution in [0.5, 0.6) is 0 Å². The molecule has 3 fully saturated rings. The van der Waals surface area contributed by atoms with Gasteiger partial charge in [0.15, 0.2) is 0 Å². The molecule has 154 valence electrons. The highest BCUT2D eigenvalue weighted by molar-refractivity contribution is 5.75. The second-order valence-corrected chi connectivity index (χ2v) is 8.78. The molecule has 1 saturated heterocycles. The Morgan fingerprint density at radius 3 is 2.59 bits per heavy atom. The van der Waals surface area contributed by atoms with E-state index in [2.05, 4.69) is 12.2 Å². The van der Waals surface area contributed by atoms with Crippen molar-refractivity contribution in [3.8, 4) is 0 Å². The molecular formula is C20H35N3O4. The molecule has 0 radical (unpaired) electrons. The molecule has 7 nitrogen and oxygen atoms in total. The molecule has 3 rings (SSSR count). The molecule has 2 saturated carbocycles. The summed E-state index contributed by atoms with van der Waals surface area (Å²) in [6.45, 7) is 5.76. The van der Waals surface area contributed by atoms with Crippen LogP contribution in [-0.2, 0) is 4.79 Å². The standard InChI is InChI=1S/C20H35N3O4/c1-3-22(12-19(25)26)15-10-14(11-15)21-20(27)23-8-4-5-17(23)16-9-13(2)6-7-18(16)24/h13-18,24H,3-12H2,1-2H3,(H,21,27)(H,25,26). The van der Waals surface area contributed by atoms with Crippen molar-refractivity contribution in [1.82, 2.24) is 15.1 Å².